The van der Waals surface area contributed by atoms with Gasteiger partial charge in [0.1, 0.15) is 16.7 Å². The van der Waals surface area contributed by atoms with E-state index in [9.17, 15) is 8.42 Å². The molecule has 1 aromatic heterocycles. The Morgan fingerprint density at radius 2 is 2.25 bits per heavy atom. The van der Waals surface area contributed by atoms with Gasteiger partial charge < -0.3 is 0 Å². The van der Waals surface area contributed by atoms with Crippen molar-refractivity contribution in [2.45, 2.75) is 5.75 Å². The van der Waals surface area contributed by atoms with Crippen LogP contribution in [0.2, 0.25) is 5.15 Å². The molecule has 0 saturated carbocycles. The van der Waals surface area contributed by atoms with E-state index in [4.69, 9.17) is 16.2 Å². The average Bonchev–Trinajstić information content (AvgIpc) is 1.82. The van der Waals surface area contributed by atoms with Gasteiger partial charge in [0.25, 0.3) is 10.1 Å². The zero-order chi connectivity index (χ0) is 9.19. The lowest BCUT2D eigenvalue weighted by atomic mass is 10.6. The van der Waals surface area contributed by atoms with Gasteiger partial charge in [0, 0.05) is 6.20 Å². The van der Waals surface area contributed by atoms with E-state index in [0.29, 0.717) is 0 Å². The Bertz CT molecular complexity index is 378. The summed E-state index contributed by atoms with van der Waals surface area (Å²) < 4.78 is 29.1. The Hall–Kier alpha value is -0.720. The number of nitrogens with zero attached hydrogens (tertiary/aromatic N) is 2. The molecule has 7 heteroatoms. The molecule has 0 amide bonds. The monoisotopic (exact) mass is 208 g/mol. The molecule has 0 bridgehead atoms. The molecule has 1 N–H and O–H groups in total. The Kier molecular flexibility index (Phi) is 2.61. The third kappa shape index (κ3) is 3.12. The number of aromatic nitrogens is 2. The van der Waals surface area contributed by atoms with Gasteiger partial charge in [-0.2, -0.15) is 8.42 Å². The lowest BCUT2D eigenvalue weighted by molar-refractivity contribution is 0.480. The van der Waals surface area contributed by atoms with Gasteiger partial charge in [-0.05, 0) is 6.07 Å². The molecule has 0 aliphatic rings. The SMILES string of the molecule is O=S(=O)(O)Cc1nccc(Cl)n1. The second-order valence-corrected chi connectivity index (χ2v) is 3.86. The standard InChI is InChI=1S/C5H5ClN2O3S/c6-4-1-2-7-5(8-4)3-12(9,10)11/h1-2H,3H2,(H,9,10,11). The molecule has 1 rings (SSSR count). The van der Waals surface area contributed by atoms with Crippen LogP contribution in [0.15, 0.2) is 12.3 Å². The van der Waals surface area contributed by atoms with Gasteiger partial charge >= 0.3 is 0 Å². The molecule has 0 fully saturated rings. The summed E-state index contributed by atoms with van der Waals surface area (Å²) in [7, 11) is -4.08. The first-order valence-electron chi connectivity index (χ1n) is 2.90. The number of halogens is 1. The summed E-state index contributed by atoms with van der Waals surface area (Å²) in [6.45, 7) is 0. The first-order valence-corrected chi connectivity index (χ1v) is 4.89. The van der Waals surface area contributed by atoms with Gasteiger partial charge in [-0.15, -0.1) is 0 Å². The Morgan fingerprint density at radius 1 is 1.58 bits per heavy atom. The number of rotatable bonds is 2. The summed E-state index contributed by atoms with van der Waals surface area (Å²) in [5.74, 6) is -0.641. The Morgan fingerprint density at radius 3 is 2.75 bits per heavy atom. The summed E-state index contributed by atoms with van der Waals surface area (Å²) in [4.78, 5) is 7.16. The molecule has 0 atom stereocenters. The van der Waals surface area contributed by atoms with Crippen molar-refractivity contribution in [3.05, 3.63) is 23.2 Å². The summed E-state index contributed by atoms with van der Waals surface area (Å²) in [6, 6.07) is 1.41. The Balaban J connectivity index is 2.91. The van der Waals surface area contributed by atoms with Gasteiger partial charge in [-0.1, -0.05) is 11.6 Å². The maximum Gasteiger partial charge on any atom is 0.272 e. The second kappa shape index (κ2) is 3.34. The highest BCUT2D eigenvalue weighted by molar-refractivity contribution is 7.84. The smallest absolute Gasteiger partial charge is 0.272 e. The molecule has 1 heterocycles. The van der Waals surface area contributed by atoms with E-state index in [-0.39, 0.29) is 11.0 Å². The predicted octanol–water partition coefficient (Wildman–Crippen LogP) is 0.518. The van der Waals surface area contributed by atoms with E-state index in [1.807, 2.05) is 0 Å². The molecule has 1 aromatic rings. The van der Waals surface area contributed by atoms with Gasteiger partial charge in [-0.3, -0.25) is 4.55 Å². The van der Waals surface area contributed by atoms with Crippen molar-refractivity contribution in [1.82, 2.24) is 9.97 Å². The summed E-state index contributed by atoms with van der Waals surface area (Å²) in [5, 5.41) is 0.142. The number of hydrogen-bond acceptors (Lipinski definition) is 4. The molecule has 0 aliphatic heterocycles. The third-order valence-electron chi connectivity index (χ3n) is 0.983. The van der Waals surface area contributed by atoms with Crippen LogP contribution in [-0.2, 0) is 15.9 Å². The van der Waals surface area contributed by atoms with Gasteiger partial charge in [0.2, 0.25) is 0 Å². The van der Waals surface area contributed by atoms with Crippen molar-refractivity contribution < 1.29 is 13.0 Å². The zero-order valence-corrected chi connectivity index (χ0v) is 7.38. The molecule has 0 radical (unpaired) electrons. The van der Waals surface area contributed by atoms with Crippen molar-refractivity contribution in [2.75, 3.05) is 0 Å². The van der Waals surface area contributed by atoms with E-state index in [1.54, 1.807) is 0 Å². The van der Waals surface area contributed by atoms with Crippen LogP contribution in [0.4, 0.5) is 0 Å². The normalized spacial score (nSPS) is 11.5. The zero-order valence-electron chi connectivity index (χ0n) is 5.81. The fourth-order valence-corrected chi connectivity index (χ4v) is 1.23. The van der Waals surface area contributed by atoms with E-state index in [2.05, 4.69) is 9.97 Å². The van der Waals surface area contributed by atoms with Crippen LogP contribution in [0.1, 0.15) is 5.82 Å². The van der Waals surface area contributed by atoms with Crippen LogP contribution in [0.3, 0.4) is 0 Å². The van der Waals surface area contributed by atoms with Crippen molar-refractivity contribution >= 4 is 21.7 Å². The first kappa shape index (κ1) is 9.37. The van der Waals surface area contributed by atoms with E-state index in [0.717, 1.165) is 0 Å². The summed E-state index contributed by atoms with van der Waals surface area (Å²) in [6.07, 6.45) is 1.32. The second-order valence-electron chi connectivity index (χ2n) is 2.02. The minimum atomic E-state index is -4.08. The average molecular weight is 209 g/mol. The summed E-state index contributed by atoms with van der Waals surface area (Å²) >= 11 is 5.45. The van der Waals surface area contributed by atoms with Crippen molar-refractivity contribution in [3.63, 3.8) is 0 Å². The molecule has 5 nitrogen and oxygen atoms in total. The highest BCUT2D eigenvalue weighted by atomic mass is 35.5. The van der Waals surface area contributed by atoms with Crippen molar-refractivity contribution in [1.29, 1.82) is 0 Å². The van der Waals surface area contributed by atoms with Crippen LogP contribution in [-0.4, -0.2) is 22.9 Å². The van der Waals surface area contributed by atoms with Gasteiger partial charge in [0.05, 0.1) is 0 Å². The van der Waals surface area contributed by atoms with Crippen molar-refractivity contribution in [3.8, 4) is 0 Å². The predicted molar refractivity (Wildman–Crippen MR) is 42.3 cm³/mol. The molecule has 0 aliphatic carbocycles. The van der Waals surface area contributed by atoms with E-state index < -0.39 is 15.9 Å². The quantitative estimate of drug-likeness (QED) is 0.566. The molecule has 0 saturated heterocycles. The topological polar surface area (TPSA) is 80.2 Å². The highest BCUT2D eigenvalue weighted by Crippen LogP contribution is 2.04. The molecular weight excluding hydrogens is 204 g/mol. The van der Waals surface area contributed by atoms with Crippen LogP contribution >= 0.6 is 11.6 Å². The molecule has 0 spiro atoms. The minimum absolute atomic E-state index is 0.0231. The molecule has 0 aromatic carbocycles. The maximum atomic E-state index is 10.3. The number of hydrogen-bond donors (Lipinski definition) is 1. The van der Waals surface area contributed by atoms with E-state index in [1.165, 1.54) is 12.3 Å². The molecule has 12 heavy (non-hydrogen) atoms. The first-order chi connectivity index (χ1) is 5.47. The lowest BCUT2D eigenvalue weighted by Gasteiger charge is -1.95. The highest BCUT2D eigenvalue weighted by Gasteiger charge is 2.08. The largest absolute Gasteiger partial charge is 0.285 e. The lowest BCUT2D eigenvalue weighted by Crippen LogP contribution is -2.05. The minimum Gasteiger partial charge on any atom is -0.285 e. The molecule has 0 unspecified atom stereocenters. The van der Waals surface area contributed by atoms with Crippen LogP contribution in [0.25, 0.3) is 0 Å². The van der Waals surface area contributed by atoms with Crippen LogP contribution in [0.5, 0.6) is 0 Å². The fraction of sp³-hybridized carbons (Fsp3) is 0.200. The third-order valence-corrected chi connectivity index (χ3v) is 1.82. The Labute approximate surface area is 74.2 Å². The van der Waals surface area contributed by atoms with Crippen molar-refractivity contribution in [2.24, 2.45) is 0 Å². The molecule has 66 valence electrons. The molecular formula is C5H5ClN2O3S. The fourth-order valence-electron chi connectivity index (χ4n) is 0.607. The van der Waals surface area contributed by atoms with Crippen LogP contribution in [0, 0.1) is 0 Å². The van der Waals surface area contributed by atoms with Gasteiger partial charge in [-0.25, -0.2) is 9.97 Å². The van der Waals surface area contributed by atoms with E-state index >= 15 is 0 Å². The van der Waals surface area contributed by atoms with Crippen LogP contribution < -0.4 is 0 Å². The maximum absolute atomic E-state index is 10.3. The van der Waals surface area contributed by atoms with Gasteiger partial charge in [0.15, 0.2) is 0 Å². The summed E-state index contributed by atoms with van der Waals surface area (Å²) in [5.41, 5.74) is 0.